The number of aromatic nitrogens is 1. The fourth-order valence-corrected chi connectivity index (χ4v) is 3.61. The van der Waals surface area contributed by atoms with Crippen LogP contribution in [0.25, 0.3) is 10.9 Å². The highest BCUT2D eigenvalue weighted by Gasteiger charge is 2.18. The summed E-state index contributed by atoms with van der Waals surface area (Å²) in [6, 6.07) is 16.8. The highest BCUT2D eigenvalue weighted by Crippen LogP contribution is 2.20. The van der Waals surface area contributed by atoms with E-state index >= 15 is 0 Å². The Morgan fingerprint density at radius 2 is 1.67 bits per heavy atom. The van der Waals surface area contributed by atoms with Crippen LogP contribution < -0.4 is 5.32 Å². The summed E-state index contributed by atoms with van der Waals surface area (Å²) in [7, 11) is 0. The average molecular weight is 363 g/mol. The number of H-pyrrole nitrogens is 1. The summed E-state index contributed by atoms with van der Waals surface area (Å²) in [6.45, 7) is 8.49. The summed E-state index contributed by atoms with van der Waals surface area (Å²) < 4.78 is 0. The zero-order chi connectivity index (χ0) is 19.4. The molecule has 0 aliphatic rings. The van der Waals surface area contributed by atoms with Gasteiger partial charge in [0.2, 0.25) is 5.91 Å². The highest BCUT2D eigenvalue weighted by molar-refractivity contribution is 5.84. The molecule has 3 aromatic rings. The zero-order valence-corrected chi connectivity index (χ0v) is 16.8. The summed E-state index contributed by atoms with van der Waals surface area (Å²) >= 11 is 0. The smallest absolute Gasteiger partial charge is 0.227 e. The second-order valence-electron chi connectivity index (χ2n) is 8.03. The summed E-state index contributed by atoms with van der Waals surface area (Å²) in [6.07, 6.45) is 3.93. The van der Waals surface area contributed by atoms with Gasteiger partial charge in [-0.3, -0.25) is 4.79 Å². The average Bonchev–Trinajstić information content (AvgIpc) is 3.04. The van der Waals surface area contributed by atoms with Crippen LogP contribution in [0, 0.1) is 5.92 Å². The molecule has 27 heavy (non-hydrogen) atoms. The van der Waals surface area contributed by atoms with Crippen LogP contribution in [-0.4, -0.2) is 16.9 Å². The molecule has 2 aromatic carbocycles. The second kappa shape index (κ2) is 8.43. The quantitative estimate of drug-likeness (QED) is 0.595. The van der Waals surface area contributed by atoms with Gasteiger partial charge in [-0.1, -0.05) is 56.3 Å². The van der Waals surface area contributed by atoms with Gasteiger partial charge in [0.1, 0.15) is 0 Å². The van der Waals surface area contributed by atoms with E-state index in [-0.39, 0.29) is 17.9 Å². The first kappa shape index (κ1) is 19.2. The first-order chi connectivity index (χ1) is 12.9. The lowest BCUT2D eigenvalue weighted by Crippen LogP contribution is -2.36. The third kappa shape index (κ3) is 4.79. The van der Waals surface area contributed by atoms with Crippen LogP contribution in [0.2, 0.25) is 0 Å². The number of hydrogen-bond acceptors (Lipinski definition) is 1. The maximum Gasteiger partial charge on any atom is 0.227 e. The van der Waals surface area contributed by atoms with Crippen LogP contribution in [0.4, 0.5) is 0 Å². The Bertz CT molecular complexity index is 892. The normalized spacial score (nSPS) is 13.7. The SMILES string of the molecule is CC(C)Cc1ccc(C(C)C(=O)NC(C)Cc2c[nH]c3ccccc23)cc1. The van der Waals surface area contributed by atoms with Crippen LogP contribution in [0.1, 0.15) is 50.3 Å². The van der Waals surface area contributed by atoms with Gasteiger partial charge in [0.25, 0.3) is 0 Å². The lowest BCUT2D eigenvalue weighted by atomic mass is 9.96. The molecule has 0 aliphatic carbocycles. The van der Waals surface area contributed by atoms with Gasteiger partial charge in [-0.2, -0.15) is 0 Å². The Morgan fingerprint density at radius 1 is 0.963 bits per heavy atom. The standard InChI is InChI=1S/C24H30N2O/c1-16(2)13-19-9-11-20(12-10-19)18(4)24(27)26-17(3)14-21-15-25-23-8-6-5-7-22(21)23/h5-12,15-18,25H,13-14H2,1-4H3,(H,26,27). The number of rotatable bonds is 7. The number of carbonyl (C=O) groups is 1. The number of fused-ring (bicyclic) bond motifs is 1. The van der Waals surface area contributed by atoms with E-state index in [0.29, 0.717) is 5.92 Å². The van der Waals surface area contributed by atoms with E-state index in [1.807, 2.05) is 25.3 Å². The molecular weight excluding hydrogens is 332 g/mol. The first-order valence-corrected chi connectivity index (χ1v) is 9.88. The summed E-state index contributed by atoms with van der Waals surface area (Å²) in [5.41, 5.74) is 4.78. The number of aromatic amines is 1. The molecule has 0 radical (unpaired) electrons. The van der Waals surface area contributed by atoms with Gasteiger partial charge >= 0.3 is 0 Å². The third-order valence-electron chi connectivity index (χ3n) is 5.11. The van der Waals surface area contributed by atoms with Crippen molar-refractivity contribution in [2.45, 2.75) is 52.5 Å². The Labute approximate surface area is 162 Å². The molecule has 0 fully saturated rings. The minimum atomic E-state index is -0.150. The molecular formula is C24H30N2O. The molecule has 3 nitrogen and oxygen atoms in total. The lowest BCUT2D eigenvalue weighted by Gasteiger charge is -2.18. The second-order valence-corrected chi connectivity index (χ2v) is 8.03. The van der Waals surface area contributed by atoms with Gasteiger partial charge < -0.3 is 10.3 Å². The molecule has 0 aliphatic heterocycles. The third-order valence-corrected chi connectivity index (χ3v) is 5.11. The van der Waals surface area contributed by atoms with Crippen molar-refractivity contribution in [3.8, 4) is 0 Å². The van der Waals surface area contributed by atoms with E-state index in [2.05, 4.69) is 67.5 Å². The zero-order valence-electron chi connectivity index (χ0n) is 16.8. The molecule has 0 saturated carbocycles. The molecule has 2 unspecified atom stereocenters. The molecule has 0 bridgehead atoms. The maximum absolute atomic E-state index is 12.7. The van der Waals surface area contributed by atoms with E-state index in [4.69, 9.17) is 0 Å². The fraction of sp³-hybridized carbons (Fsp3) is 0.375. The summed E-state index contributed by atoms with van der Waals surface area (Å²) in [4.78, 5) is 16.0. The lowest BCUT2D eigenvalue weighted by molar-refractivity contribution is -0.122. The van der Waals surface area contributed by atoms with Crippen molar-refractivity contribution in [2.75, 3.05) is 0 Å². The van der Waals surface area contributed by atoms with E-state index in [0.717, 1.165) is 23.9 Å². The van der Waals surface area contributed by atoms with E-state index in [1.165, 1.54) is 16.5 Å². The Hall–Kier alpha value is -2.55. The minimum Gasteiger partial charge on any atom is -0.361 e. The van der Waals surface area contributed by atoms with E-state index < -0.39 is 0 Å². The van der Waals surface area contributed by atoms with Gasteiger partial charge in [0.05, 0.1) is 5.92 Å². The Balaban J connectivity index is 1.60. The van der Waals surface area contributed by atoms with Gasteiger partial charge in [-0.25, -0.2) is 0 Å². The Kier molecular flexibility index (Phi) is 6.00. The van der Waals surface area contributed by atoms with Crippen molar-refractivity contribution in [2.24, 2.45) is 5.92 Å². The van der Waals surface area contributed by atoms with Crippen LogP contribution in [-0.2, 0) is 17.6 Å². The largest absolute Gasteiger partial charge is 0.361 e. The van der Waals surface area contributed by atoms with E-state index in [1.54, 1.807) is 0 Å². The molecule has 0 spiro atoms. The topological polar surface area (TPSA) is 44.9 Å². The van der Waals surface area contributed by atoms with Crippen molar-refractivity contribution in [3.63, 3.8) is 0 Å². The van der Waals surface area contributed by atoms with Gasteiger partial charge in [0.15, 0.2) is 0 Å². The Morgan fingerprint density at radius 3 is 2.37 bits per heavy atom. The predicted octanol–water partition coefficient (Wildman–Crippen LogP) is 5.22. The van der Waals surface area contributed by atoms with Gasteiger partial charge in [0, 0.05) is 23.1 Å². The van der Waals surface area contributed by atoms with E-state index in [9.17, 15) is 4.79 Å². The minimum absolute atomic E-state index is 0.0824. The summed E-state index contributed by atoms with van der Waals surface area (Å²) in [5.74, 6) is 0.574. The monoisotopic (exact) mass is 362 g/mol. The summed E-state index contributed by atoms with van der Waals surface area (Å²) in [5, 5.41) is 4.40. The van der Waals surface area contributed by atoms with Gasteiger partial charge in [-0.15, -0.1) is 0 Å². The number of amides is 1. The molecule has 2 N–H and O–H groups in total. The van der Waals surface area contributed by atoms with Crippen molar-refractivity contribution in [3.05, 3.63) is 71.4 Å². The predicted molar refractivity (Wildman–Crippen MR) is 113 cm³/mol. The maximum atomic E-state index is 12.7. The van der Waals surface area contributed by atoms with Crippen LogP contribution in [0.5, 0.6) is 0 Å². The van der Waals surface area contributed by atoms with Crippen molar-refractivity contribution in [1.82, 2.24) is 10.3 Å². The number of nitrogens with one attached hydrogen (secondary N) is 2. The fourth-order valence-electron chi connectivity index (χ4n) is 3.61. The van der Waals surface area contributed by atoms with Crippen molar-refractivity contribution >= 4 is 16.8 Å². The van der Waals surface area contributed by atoms with Crippen LogP contribution in [0.15, 0.2) is 54.7 Å². The molecule has 3 rings (SSSR count). The van der Waals surface area contributed by atoms with Crippen molar-refractivity contribution in [1.29, 1.82) is 0 Å². The number of para-hydroxylation sites is 1. The van der Waals surface area contributed by atoms with Crippen LogP contribution in [0.3, 0.4) is 0 Å². The molecule has 2 atom stereocenters. The van der Waals surface area contributed by atoms with Gasteiger partial charge in [-0.05, 0) is 55.4 Å². The first-order valence-electron chi connectivity index (χ1n) is 9.88. The highest BCUT2D eigenvalue weighted by atomic mass is 16.1. The molecule has 142 valence electrons. The molecule has 1 aromatic heterocycles. The molecule has 3 heteroatoms. The molecule has 0 saturated heterocycles. The van der Waals surface area contributed by atoms with Crippen LogP contribution >= 0.6 is 0 Å². The number of benzene rings is 2. The number of carbonyl (C=O) groups excluding carboxylic acids is 1. The number of hydrogen-bond donors (Lipinski definition) is 2. The molecule has 1 heterocycles. The van der Waals surface area contributed by atoms with Crippen molar-refractivity contribution < 1.29 is 4.79 Å². The molecule has 1 amide bonds.